The molecule has 0 unspecified atom stereocenters. The molecule has 0 N–H and O–H groups in total. The predicted octanol–water partition coefficient (Wildman–Crippen LogP) is 8.00. The van der Waals surface area contributed by atoms with Gasteiger partial charge >= 0.3 is 0 Å². The molecule has 2 amide bonds. The number of ether oxygens (including phenoxy) is 2. The molecule has 0 saturated carbocycles. The minimum absolute atomic E-state index is 0.0695. The molecule has 0 spiro atoms. The number of carbonyl (C=O) groups excluding carboxylic acids is 2. The van der Waals surface area contributed by atoms with Crippen molar-refractivity contribution in [3.63, 3.8) is 0 Å². The maximum Gasteiger partial charge on any atom is 0.293 e. The first-order valence-corrected chi connectivity index (χ1v) is 12.7. The van der Waals surface area contributed by atoms with Gasteiger partial charge in [0.05, 0.1) is 33.1 Å². The molecule has 186 valence electrons. The van der Waals surface area contributed by atoms with Gasteiger partial charge in [-0.1, -0.05) is 53.0 Å². The Kier molecular flexibility index (Phi) is 8.46. The van der Waals surface area contributed by atoms with Crippen molar-refractivity contribution in [1.29, 1.82) is 0 Å². The Morgan fingerprint density at radius 3 is 2.33 bits per heavy atom. The molecular formula is C26H19Cl3FNO4S. The Morgan fingerprint density at radius 2 is 1.64 bits per heavy atom. The number of carbonyl (C=O) groups is 2. The largest absolute Gasteiger partial charge is 0.490 e. The standard InChI is InChI=1S/C26H19Cl3FNO4S/c1-2-34-22-11-17(10-21(29)24(22)35-14-15-3-6-18(30)7-4-15)12-23-25(32)31(26(33)36-23)13-16-5-8-19(27)20(28)9-16/h3-12H,2,13-14H2,1H3/b23-12-. The number of hydrogen-bond donors (Lipinski definition) is 0. The summed E-state index contributed by atoms with van der Waals surface area (Å²) in [4.78, 5) is 26.9. The number of benzene rings is 3. The molecule has 0 bridgehead atoms. The smallest absolute Gasteiger partial charge is 0.293 e. The van der Waals surface area contributed by atoms with E-state index in [2.05, 4.69) is 0 Å². The molecule has 1 heterocycles. The van der Waals surface area contributed by atoms with Crippen molar-refractivity contribution in [2.45, 2.75) is 20.1 Å². The Bertz CT molecular complexity index is 1350. The van der Waals surface area contributed by atoms with E-state index in [0.29, 0.717) is 39.3 Å². The van der Waals surface area contributed by atoms with Gasteiger partial charge < -0.3 is 9.47 Å². The van der Waals surface area contributed by atoms with Gasteiger partial charge in [0.2, 0.25) is 0 Å². The van der Waals surface area contributed by atoms with Crippen molar-refractivity contribution >= 4 is 63.8 Å². The lowest BCUT2D eigenvalue weighted by Gasteiger charge is -2.15. The average molecular weight is 567 g/mol. The first-order chi connectivity index (χ1) is 17.2. The van der Waals surface area contributed by atoms with Crippen LogP contribution in [0.15, 0.2) is 59.5 Å². The summed E-state index contributed by atoms with van der Waals surface area (Å²) in [6, 6.07) is 14.2. The summed E-state index contributed by atoms with van der Waals surface area (Å²) in [5.74, 6) is -0.0552. The van der Waals surface area contributed by atoms with Crippen molar-refractivity contribution in [2.75, 3.05) is 6.61 Å². The molecule has 0 radical (unpaired) electrons. The second-order valence-electron chi connectivity index (χ2n) is 7.69. The highest BCUT2D eigenvalue weighted by atomic mass is 35.5. The van der Waals surface area contributed by atoms with Crippen LogP contribution in [0.5, 0.6) is 11.5 Å². The van der Waals surface area contributed by atoms with E-state index in [1.54, 1.807) is 48.5 Å². The molecule has 0 aromatic heterocycles. The van der Waals surface area contributed by atoms with Crippen molar-refractivity contribution in [1.82, 2.24) is 4.90 Å². The van der Waals surface area contributed by atoms with E-state index in [-0.39, 0.29) is 28.9 Å². The van der Waals surface area contributed by atoms with E-state index in [9.17, 15) is 14.0 Å². The fourth-order valence-electron chi connectivity index (χ4n) is 3.42. The SMILES string of the molecule is CCOc1cc(/C=C2\SC(=O)N(Cc3ccc(Cl)c(Cl)c3)C2=O)cc(Cl)c1OCc1ccc(F)cc1. The third-order valence-electron chi connectivity index (χ3n) is 5.12. The van der Waals surface area contributed by atoms with Crippen LogP contribution in [0.3, 0.4) is 0 Å². The summed E-state index contributed by atoms with van der Waals surface area (Å²) in [6.07, 6.45) is 1.58. The number of halogens is 4. The predicted molar refractivity (Wildman–Crippen MR) is 141 cm³/mol. The van der Waals surface area contributed by atoms with E-state index < -0.39 is 11.1 Å². The van der Waals surface area contributed by atoms with Crippen LogP contribution in [-0.2, 0) is 17.9 Å². The van der Waals surface area contributed by atoms with E-state index in [1.807, 2.05) is 6.92 Å². The summed E-state index contributed by atoms with van der Waals surface area (Å²) in [5, 5.41) is 0.607. The monoisotopic (exact) mass is 565 g/mol. The summed E-state index contributed by atoms with van der Waals surface area (Å²) in [6.45, 7) is 2.40. The normalized spacial score (nSPS) is 14.6. The summed E-state index contributed by atoms with van der Waals surface area (Å²) >= 11 is 19.3. The first kappa shape index (κ1) is 26.4. The Hall–Kier alpha value is -2.71. The first-order valence-electron chi connectivity index (χ1n) is 10.8. The number of thioether (sulfide) groups is 1. The molecule has 36 heavy (non-hydrogen) atoms. The van der Waals surface area contributed by atoms with E-state index in [4.69, 9.17) is 44.3 Å². The van der Waals surface area contributed by atoms with Crippen LogP contribution in [0.4, 0.5) is 9.18 Å². The van der Waals surface area contributed by atoms with Gasteiger partial charge in [0.25, 0.3) is 11.1 Å². The third kappa shape index (κ3) is 6.16. The van der Waals surface area contributed by atoms with E-state index >= 15 is 0 Å². The summed E-state index contributed by atoms with van der Waals surface area (Å²) in [7, 11) is 0. The minimum Gasteiger partial charge on any atom is -0.490 e. The zero-order chi connectivity index (χ0) is 25.8. The number of rotatable bonds is 8. The Labute approximate surface area is 226 Å². The number of hydrogen-bond acceptors (Lipinski definition) is 5. The van der Waals surface area contributed by atoms with Gasteiger partial charge in [0, 0.05) is 0 Å². The molecule has 0 atom stereocenters. The van der Waals surface area contributed by atoms with Gasteiger partial charge in [0.1, 0.15) is 12.4 Å². The molecule has 0 aliphatic carbocycles. The Morgan fingerprint density at radius 1 is 0.917 bits per heavy atom. The van der Waals surface area contributed by atoms with Crippen molar-refractivity contribution in [2.24, 2.45) is 0 Å². The lowest BCUT2D eigenvalue weighted by molar-refractivity contribution is -0.123. The fraction of sp³-hybridized carbons (Fsp3) is 0.154. The van der Waals surface area contributed by atoms with Crippen molar-refractivity contribution < 1.29 is 23.5 Å². The lowest BCUT2D eigenvalue weighted by atomic mass is 10.1. The number of amides is 2. The Balaban J connectivity index is 1.54. The quantitative estimate of drug-likeness (QED) is 0.259. The van der Waals surface area contributed by atoms with Crippen LogP contribution in [-0.4, -0.2) is 22.7 Å². The van der Waals surface area contributed by atoms with Crippen LogP contribution in [0.2, 0.25) is 15.1 Å². The van der Waals surface area contributed by atoms with Crippen LogP contribution >= 0.6 is 46.6 Å². The van der Waals surface area contributed by atoms with Crippen molar-refractivity contribution in [3.8, 4) is 11.5 Å². The molecule has 5 nitrogen and oxygen atoms in total. The van der Waals surface area contributed by atoms with Gasteiger partial charge in [0.15, 0.2) is 11.5 Å². The van der Waals surface area contributed by atoms with Crippen LogP contribution in [0.1, 0.15) is 23.6 Å². The second-order valence-corrected chi connectivity index (χ2v) is 9.91. The molecule has 3 aromatic rings. The molecule has 1 saturated heterocycles. The van der Waals surface area contributed by atoms with Gasteiger partial charge in [-0.15, -0.1) is 0 Å². The van der Waals surface area contributed by atoms with Gasteiger partial charge in [-0.05, 0) is 77.9 Å². The van der Waals surface area contributed by atoms with Crippen LogP contribution < -0.4 is 9.47 Å². The molecule has 1 fully saturated rings. The average Bonchev–Trinajstić information content (AvgIpc) is 3.09. The third-order valence-corrected chi connectivity index (χ3v) is 7.05. The van der Waals surface area contributed by atoms with Gasteiger partial charge in [-0.3, -0.25) is 14.5 Å². The zero-order valence-corrected chi connectivity index (χ0v) is 22.0. The molecule has 4 rings (SSSR count). The maximum absolute atomic E-state index is 13.2. The highest BCUT2D eigenvalue weighted by Gasteiger charge is 2.35. The lowest BCUT2D eigenvalue weighted by Crippen LogP contribution is -2.27. The molecule has 10 heteroatoms. The summed E-state index contributed by atoms with van der Waals surface area (Å²) < 4.78 is 24.7. The number of nitrogens with zero attached hydrogens (tertiary/aromatic N) is 1. The highest BCUT2D eigenvalue weighted by molar-refractivity contribution is 8.18. The van der Waals surface area contributed by atoms with E-state index in [0.717, 1.165) is 22.2 Å². The zero-order valence-electron chi connectivity index (χ0n) is 18.9. The minimum atomic E-state index is -0.429. The van der Waals surface area contributed by atoms with Crippen LogP contribution in [0, 0.1) is 5.82 Å². The summed E-state index contributed by atoms with van der Waals surface area (Å²) in [5.41, 5.74) is 2.00. The van der Waals surface area contributed by atoms with Gasteiger partial charge in [-0.25, -0.2) is 4.39 Å². The highest BCUT2D eigenvalue weighted by Crippen LogP contribution is 2.40. The molecular weight excluding hydrogens is 548 g/mol. The molecule has 1 aliphatic heterocycles. The van der Waals surface area contributed by atoms with Crippen LogP contribution in [0.25, 0.3) is 6.08 Å². The number of imide groups is 1. The maximum atomic E-state index is 13.2. The second kappa shape index (κ2) is 11.6. The molecule has 3 aromatic carbocycles. The van der Waals surface area contributed by atoms with E-state index in [1.165, 1.54) is 12.1 Å². The van der Waals surface area contributed by atoms with Gasteiger partial charge in [-0.2, -0.15) is 0 Å². The fourth-order valence-corrected chi connectivity index (χ4v) is 4.85. The molecule has 1 aliphatic rings. The van der Waals surface area contributed by atoms with Crippen molar-refractivity contribution in [3.05, 3.63) is 97.1 Å². The topological polar surface area (TPSA) is 55.8 Å².